The van der Waals surface area contributed by atoms with Crippen molar-refractivity contribution in [2.24, 2.45) is 0 Å². The summed E-state index contributed by atoms with van der Waals surface area (Å²) in [7, 11) is 0. The highest BCUT2D eigenvalue weighted by Crippen LogP contribution is 2.34. The summed E-state index contributed by atoms with van der Waals surface area (Å²) in [4.78, 5) is 15.0. The van der Waals surface area contributed by atoms with Gasteiger partial charge < -0.3 is 14.7 Å². The smallest absolute Gasteiger partial charge is 0.337 e. The van der Waals surface area contributed by atoms with Gasteiger partial charge in [-0.05, 0) is 56.4 Å². The minimum absolute atomic E-state index is 0.0832. The number of nitrogens with zero attached hydrogens (tertiary/aromatic N) is 1. The molecule has 0 unspecified atom stereocenters. The molecule has 154 valence electrons. The van der Waals surface area contributed by atoms with E-state index >= 15 is 0 Å². The van der Waals surface area contributed by atoms with Crippen molar-refractivity contribution in [3.05, 3.63) is 77.4 Å². The molecule has 4 nitrogen and oxygen atoms in total. The molecule has 1 heterocycles. The van der Waals surface area contributed by atoms with E-state index in [9.17, 15) is 9.90 Å². The zero-order chi connectivity index (χ0) is 20.9. The van der Waals surface area contributed by atoms with Gasteiger partial charge in [-0.3, -0.25) is 0 Å². The Morgan fingerprint density at radius 2 is 1.66 bits per heavy atom. The molecule has 1 N–H and O–H groups in total. The molecule has 0 amide bonds. The molecule has 0 aromatic heterocycles. The van der Waals surface area contributed by atoms with Gasteiger partial charge in [0.25, 0.3) is 0 Å². The quantitative estimate of drug-likeness (QED) is 0.670. The molecule has 0 spiro atoms. The van der Waals surface area contributed by atoms with Crippen LogP contribution in [0.3, 0.4) is 0 Å². The van der Waals surface area contributed by atoms with Crippen molar-refractivity contribution in [2.75, 3.05) is 18.1 Å². The number of esters is 1. The number of anilines is 1. The van der Waals surface area contributed by atoms with Crippen LogP contribution in [0.2, 0.25) is 0 Å². The highest BCUT2D eigenvalue weighted by atomic mass is 16.5. The van der Waals surface area contributed by atoms with Gasteiger partial charge in [0.1, 0.15) is 6.61 Å². The van der Waals surface area contributed by atoms with Gasteiger partial charge >= 0.3 is 5.97 Å². The second kappa shape index (κ2) is 9.27. The molecule has 0 saturated heterocycles. The van der Waals surface area contributed by atoms with Crippen LogP contribution in [0.15, 0.2) is 71.8 Å². The number of carbonyl (C=O) groups is 1. The Morgan fingerprint density at radius 1 is 1.03 bits per heavy atom. The van der Waals surface area contributed by atoms with Gasteiger partial charge in [0.15, 0.2) is 0 Å². The lowest BCUT2D eigenvalue weighted by Gasteiger charge is -2.40. The van der Waals surface area contributed by atoms with Crippen LogP contribution < -0.4 is 4.90 Å². The first-order valence-electron chi connectivity index (χ1n) is 10.4. The molecule has 0 saturated carbocycles. The fourth-order valence-electron chi connectivity index (χ4n) is 4.09. The number of rotatable bonds is 8. The molecule has 0 bridgehead atoms. The molecule has 0 radical (unpaired) electrons. The van der Waals surface area contributed by atoms with E-state index in [2.05, 4.69) is 36.1 Å². The Morgan fingerprint density at radius 3 is 2.24 bits per heavy atom. The maximum atomic E-state index is 12.7. The third-order valence-corrected chi connectivity index (χ3v) is 5.37. The lowest BCUT2D eigenvalue weighted by Crippen LogP contribution is -2.48. The third-order valence-electron chi connectivity index (χ3n) is 5.37. The molecule has 2 aromatic carbocycles. The lowest BCUT2D eigenvalue weighted by molar-refractivity contribution is -0.143. The summed E-state index contributed by atoms with van der Waals surface area (Å²) >= 11 is 0. The Balaban J connectivity index is 2.02. The number of para-hydroxylation sites is 1. The minimum Gasteiger partial charge on any atom is -0.460 e. The van der Waals surface area contributed by atoms with Crippen LogP contribution in [-0.4, -0.2) is 35.9 Å². The van der Waals surface area contributed by atoms with Crippen molar-refractivity contribution in [1.82, 2.24) is 0 Å². The van der Waals surface area contributed by atoms with E-state index in [1.54, 1.807) is 13.8 Å². The third kappa shape index (κ3) is 5.07. The first-order chi connectivity index (χ1) is 13.9. The van der Waals surface area contributed by atoms with Crippen molar-refractivity contribution in [3.8, 4) is 0 Å². The first kappa shape index (κ1) is 21.1. The van der Waals surface area contributed by atoms with Gasteiger partial charge in [0.05, 0.1) is 17.2 Å². The van der Waals surface area contributed by atoms with Crippen LogP contribution in [0.1, 0.15) is 39.2 Å². The number of aryl methyl sites for hydroxylation is 1. The molecule has 1 aliphatic rings. The SMILES string of the molecule is CCCN(c1ccccc1)[C@@H]1COC(=O)C(C(C)(C)O)=C1CCc1ccccc1. The average molecular weight is 394 g/mol. The zero-order valence-electron chi connectivity index (χ0n) is 17.6. The topological polar surface area (TPSA) is 49.8 Å². The number of hydrogen-bond donors (Lipinski definition) is 1. The molecule has 0 fully saturated rings. The highest BCUT2D eigenvalue weighted by Gasteiger charge is 2.39. The molecule has 29 heavy (non-hydrogen) atoms. The molecule has 1 aliphatic heterocycles. The number of ether oxygens (including phenoxy) is 1. The Kier molecular flexibility index (Phi) is 6.75. The first-order valence-corrected chi connectivity index (χ1v) is 10.4. The van der Waals surface area contributed by atoms with E-state index in [1.165, 1.54) is 5.56 Å². The fraction of sp³-hybridized carbons (Fsp3) is 0.400. The molecular weight excluding hydrogens is 362 g/mol. The molecule has 4 heteroatoms. The zero-order valence-corrected chi connectivity index (χ0v) is 17.6. The Labute approximate surface area is 173 Å². The van der Waals surface area contributed by atoms with Gasteiger partial charge in [-0.2, -0.15) is 0 Å². The van der Waals surface area contributed by atoms with E-state index < -0.39 is 11.6 Å². The summed E-state index contributed by atoms with van der Waals surface area (Å²) in [6.07, 6.45) is 2.49. The van der Waals surface area contributed by atoms with Crippen LogP contribution in [0.25, 0.3) is 0 Å². The highest BCUT2D eigenvalue weighted by molar-refractivity contribution is 5.93. The van der Waals surface area contributed by atoms with E-state index in [4.69, 9.17) is 4.74 Å². The predicted molar refractivity (Wildman–Crippen MR) is 117 cm³/mol. The second-order valence-corrected chi connectivity index (χ2v) is 8.09. The standard InChI is InChI=1S/C25H31NO3/c1-4-17-26(20-13-9-6-10-14-20)22-18-29-24(27)23(25(2,3)28)21(22)16-15-19-11-7-5-8-12-19/h5-14,22,28H,4,15-18H2,1-3H3/t22-/m1/s1. The van der Waals surface area contributed by atoms with Gasteiger partial charge in [-0.1, -0.05) is 55.5 Å². The van der Waals surface area contributed by atoms with Gasteiger partial charge in [0, 0.05) is 12.2 Å². The summed E-state index contributed by atoms with van der Waals surface area (Å²) in [5.74, 6) is -0.402. The van der Waals surface area contributed by atoms with Crippen LogP contribution >= 0.6 is 0 Å². The Hall–Kier alpha value is -2.59. The van der Waals surface area contributed by atoms with E-state index in [0.29, 0.717) is 18.6 Å². The second-order valence-electron chi connectivity index (χ2n) is 8.09. The van der Waals surface area contributed by atoms with Crippen LogP contribution in [0.4, 0.5) is 5.69 Å². The van der Waals surface area contributed by atoms with Crippen molar-refractivity contribution in [3.63, 3.8) is 0 Å². The maximum Gasteiger partial charge on any atom is 0.337 e. The largest absolute Gasteiger partial charge is 0.460 e. The van der Waals surface area contributed by atoms with Crippen molar-refractivity contribution >= 4 is 11.7 Å². The monoisotopic (exact) mass is 393 g/mol. The molecule has 1 atom stereocenters. The van der Waals surface area contributed by atoms with Gasteiger partial charge in [0.2, 0.25) is 0 Å². The van der Waals surface area contributed by atoms with E-state index in [0.717, 1.165) is 30.6 Å². The van der Waals surface area contributed by atoms with Crippen molar-refractivity contribution < 1.29 is 14.6 Å². The van der Waals surface area contributed by atoms with E-state index in [1.807, 2.05) is 36.4 Å². The number of aliphatic hydroxyl groups is 1. The van der Waals surface area contributed by atoms with E-state index in [-0.39, 0.29) is 6.04 Å². The van der Waals surface area contributed by atoms with Gasteiger partial charge in [-0.25, -0.2) is 4.79 Å². The number of hydrogen-bond acceptors (Lipinski definition) is 4. The summed E-state index contributed by atoms with van der Waals surface area (Å²) in [5.41, 5.74) is 2.45. The number of benzene rings is 2. The van der Waals surface area contributed by atoms with Gasteiger partial charge in [-0.15, -0.1) is 0 Å². The van der Waals surface area contributed by atoms with Crippen molar-refractivity contribution in [2.45, 2.75) is 51.7 Å². The molecule has 0 aliphatic carbocycles. The minimum atomic E-state index is -1.25. The van der Waals surface area contributed by atoms with Crippen LogP contribution in [0.5, 0.6) is 0 Å². The van der Waals surface area contributed by atoms with Crippen LogP contribution in [-0.2, 0) is 16.0 Å². The molecule has 3 rings (SSSR count). The number of cyclic esters (lactones) is 1. The predicted octanol–water partition coefficient (Wildman–Crippen LogP) is 4.53. The fourth-order valence-corrected chi connectivity index (χ4v) is 4.09. The summed E-state index contributed by atoms with van der Waals surface area (Å²) in [5, 5.41) is 10.8. The van der Waals surface area contributed by atoms with Crippen molar-refractivity contribution in [1.29, 1.82) is 0 Å². The molecular formula is C25H31NO3. The molecule has 2 aromatic rings. The summed E-state index contributed by atoms with van der Waals surface area (Å²) < 4.78 is 5.56. The summed E-state index contributed by atoms with van der Waals surface area (Å²) in [6.45, 7) is 6.63. The average Bonchev–Trinajstić information content (AvgIpc) is 2.71. The summed E-state index contributed by atoms with van der Waals surface area (Å²) in [6, 6.07) is 20.4. The normalized spacial score (nSPS) is 17.2. The van der Waals surface area contributed by atoms with Crippen LogP contribution in [0, 0.1) is 0 Å². The lowest BCUT2D eigenvalue weighted by atomic mass is 9.84. The number of carbonyl (C=O) groups excluding carboxylic acids is 1. The Bertz CT molecular complexity index is 837. The maximum absolute atomic E-state index is 12.7.